The van der Waals surface area contributed by atoms with Gasteiger partial charge in [0.25, 0.3) is 11.8 Å². The monoisotopic (exact) mass is 383 g/mol. The number of nitrogens with one attached hydrogen (secondary N) is 1. The van der Waals surface area contributed by atoms with E-state index in [1.54, 1.807) is 38.5 Å². The fraction of sp³-hybridized carbons (Fsp3) is 0.400. The molecule has 0 aliphatic carbocycles. The van der Waals surface area contributed by atoms with Crippen LogP contribution in [0.4, 0.5) is 11.5 Å². The summed E-state index contributed by atoms with van der Waals surface area (Å²) < 4.78 is 5.74. The second-order valence-corrected chi connectivity index (χ2v) is 7.15. The first kappa shape index (κ1) is 19.8. The number of carbonyl (C=O) groups excluding carboxylic acids is 2. The largest absolute Gasteiger partial charge is 0.372 e. The Balaban J connectivity index is 1.64. The molecule has 0 radical (unpaired) electrons. The lowest BCUT2D eigenvalue weighted by Crippen LogP contribution is -2.45. The number of carbonyl (C=O) groups is 2. The third-order valence-corrected chi connectivity index (χ3v) is 4.40. The van der Waals surface area contributed by atoms with E-state index in [1.165, 1.54) is 11.1 Å². The molecule has 1 aliphatic heterocycles. The maximum absolute atomic E-state index is 12.4. The van der Waals surface area contributed by atoms with Crippen molar-refractivity contribution in [3.8, 4) is 0 Å². The highest BCUT2D eigenvalue weighted by Crippen LogP contribution is 2.19. The second-order valence-electron chi connectivity index (χ2n) is 7.15. The van der Waals surface area contributed by atoms with Crippen LogP contribution < -0.4 is 10.2 Å². The van der Waals surface area contributed by atoms with Crippen molar-refractivity contribution >= 4 is 23.3 Å². The average Bonchev–Trinajstić information content (AvgIpc) is 2.67. The maximum Gasteiger partial charge on any atom is 0.271 e. The average molecular weight is 383 g/mol. The summed E-state index contributed by atoms with van der Waals surface area (Å²) in [5.74, 6) is 0.354. The number of pyridine rings is 2. The van der Waals surface area contributed by atoms with Crippen molar-refractivity contribution in [2.75, 3.05) is 37.4 Å². The van der Waals surface area contributed by atoms with Gasteiger partial charge in [-0.15, -0.1) is 0 Å². The quantitative estimate of drug-likeness (QED) is 0.869. The predicted molar refractivity (Wildman–Crippen MR) is 107 cm³/mol. The summed E-state index contributed by atoms with van der Waals surface area (Å²) in [5.41, 5.74) is 1.29. The number of rotatable bonds is 4. The van der Waals surface area contributed by atoms with Gasteiger partial charge in [-0.3, -0.25) is 9.59 Å². The lowest BCUT2D eigenvalue weighted by molar-refractivity contribution is -0.00546. The second kappa shape index (κ2) is 8.35. The van der Waals surface area contributed by atoms with Crippen LogP contribution in [-0.2, 0) is 4.74 Å². The van der Waals surface area contributed by atoms with Crippen LogP contribution >= 0.6 is 0 Å². The molecular formula is C20H25N5O3. The molecule has 2 aromatic rings. The molecule has 2 atom stereocenters. The Labute approximate surface area is 164 Å². The van der Waals surface area contributed by atoms with Gasteiger partial charge in [-0.2, -0.15) is 0 Å². The maximum atomic E-state index is 12.4. The SMILES string of the molecule is CC1CN(c2ccc(C(=O)Nc3ccc(C(=O)N(C)C)nc3)cn2)CC(C)O1. The van der Waals surface area contributed by atoms with Gasteiger partial charge in [0.15, 0.2) is 0 Å². The minimum Gasteiger partial charge on any atom is -0.372 e. The Morgan fingerprint density at radius 3 is 2.32 bits per heavy atom. The first-order valence-electron chi connectivity index (χ1n) is 9.19. The van der Waals surface area contributed by atoms with Gasteiger partial charge in [0.05, 0.1) is 29.7 Å². The first-order chi connectivity index (χ1) is 13.3. The summed E-state index contributed by atoms with van der Waals surface area (Å²) in [5, 5.41) is 2.77. The first-order valence-corrected chi connectivity index (χ1v) is 9.19. The Kier molecular flexibility index (Phi) is 5.89. The molecule has 1 N–H and O–H groups in total. The van der Waals surface area contributed by atoms with Gasteiger partial charge in [-0.05, 0) is 38.1 Å². The van der Waals surface area contributed by atoms with Crippen molar-refractivity contribution in [2.24, 2.45) is 0 Å². The summed E-state index contributed by atoms with van der Waals surface area (Å²) >= 11 is 0. The Morgan fingerprint density at radius 1 is 1.07 bits per heavy atom. The zero-order valence-corrected chi connectivity index (χ0v) is 16.5. The van der Waals surface area contributed by atoms with E-state index in [4.69, 9.17) is 4.74 Å². The third kappa shape index (κ3) is 4.64. The molecule has 0 spiro atoms. The molecule has 1 saturated heterocycles. The molecule has 2 amide bonds. The lowest BCUT2D eigenvalue weighted by Gasteiger charge is -2.36. The van der Waals surface area contributed by atoms with Gasteiger partial charge in [0.2, 0.25) is 0 Å². The van der Waals surface area contributed by atoms with Crippen molar-refractivity contribution in [2.45, 2.75) is 26.1 Å². The molecule has 3 rings (SSSR count). The van der Waals surface area contributed by atoms with Gasteiger partial charge < -0.3 is 19.9 Å². The van der Waals surface area contributed by atoms with E-state index in [0.717, 1.165) is 18.9 Å². The summed E-state index contributed by atoms with van der Waals surface area (Å²) in [6.45, 7) is 5.62. The van der Waals surface area contributed by atoms with Crippen LogP contribution in [0.5, 0.6) is 0 Å². The number of anilines is 2. The number of hydrogen-bond acceptors (Lipinski definition) is 6. The predicted octanol–water partition coefficient (Wildman–Crippen LogP) is 2.04. The number of ether oxygens (including phenoxy) is 1. The summed E-state index contributed by atoms with van der Waals surface area (Å²) in [7, 11) is 3.32. The molecule has 2 aromatic heterocycles. The molecule has 8 nitrogen and oxygen atoms in total. The van der Waals surface area contributed by atoms with Crippen molar-refractivity contribution < 1.29 is 14.3 Å². The zero-order chi connectivity index (χ0) is 20.3. The minimum atomic E-state index is -0.281. The Bertz CT molecular complexity index is 826. The number of morpholine rings is 1. The number of hydrogen-bond donors (Lipinski definition) is 1. The van der Waals surface area contributed by atoms with Crippen LogP contribution in [-0.4, -0.2) is 66.1 Å². The van der Waals surface area contributed by atoms with Crippen molar-refractivity contribution in [1.29, 1.82) is 0 Å². The van der Waals surface area contributed by atoms with Gasteiger partial charge >= 0.3 is 0 Å². The smallest absolute Gasteiger partial charge is 0.271 e. The van der Waals surface area contributed by atoms with E-state index in [2.05, 4.69) is 20.2 Å². The lowest BCUT2D eigenvalue weighted by atomic mass is 10.2. The topological polar surface area (TPSA) is 87.7 Å². The fourth-order valence-corrected chi connectivity index (χ4v) is 3.10. The van der Waals surface area contributed by atoms with E-state index >= 15 is 0 Å². The van der Waals surface area contributed by atoms with E-state index in [0.29, 0.717) is 16.9 Å². The standard InChI is InChI=1S/C20H25N5O3/c1-13-11-25(12-14(2)28-13)18-8-5-15(9-22-18)19(26)23-16-6-7-17(21-10-16)20(27)24(3)4/h5-10,13-14H,11-12H2,1-4H3,(H,23,26). The summed E-state index contributed by atoms with van der Waals surface area (Å²) in [6.07, 6.45) is 3.31. The highest BCUT2D eigenvalue weighted by atomic mass is 16.5. The molecule has 0 bridgehead atoms. The van der Waals surface area contributed by atoms with Crippen molar-refractivity contribution in [1.82, 2.24) is 14.9 Å². The normalized spacial score (nSPS) is 19.2. The minimum absolute atomic E-state index is 0.142. The van der Waals surface area contributed by atoms with Crippen molar-refractivity contribution in [3.05, 3.63) is 47.9 Å². The van der Waals surface area contributed by atoms with E-state index in [1.807, 2.05) is 19.9 Å². The summed E-state index contributed by atoms with van der Waals surface area (Å²) in [6, 6.07) is 6.83. The summed E-state index contributed by atoms with van der Waals surface area (Å²) in [4.78, 5) is 36.4. The molecule has 0 saturated carbocycles. The van der Waals surface area contributed by atoms with Crippen LogP contribution in [0.2, 0.25) is 0 Å². The molecule has 3 heterocycles. The molecule has 0 aromatic carbocycles. The number of aromatic nitrogens is 2. The van der Waals surface area contributed by atoms with Crippen LogP contribution in [0.15, 0.2) is 36.7 Å². The van der Waals surface area contributed by atoms with Crippen molar-refractivity contribution in [3.63, 3.8) is 0 Å². The van der Waals surface area contributed by atoms with E-state index in [9.17, 15) is 9.59 Å². The van der Waals surface area contributed by atoms with Gasteiger partial charge in [0, 0.05) is 33.4 Å². The molecule has 1 fully saturated rings. The van der Waals surface area contributed by atoms with Crippen LogP contribution in [0, 0.1) is 0 Å². The van der Waals surface area contributed by atoms with E-state index < -0.39 is 0 Å². The fourth-order valence-electron chi connectivity index (χ4n) is 3.10. The zero-order valence-electron chi connectivity index (χ0n) is 16.5. The molecule has 1 aliphatic rings. The Hall–Kier alpha value is -3.00. The number of amides is 2. The molecule has 2 unspecified atom stereocenters. The molecule has 8 heteroatoms. The van der Waals surface area contributed by atoms with Gasteiger partial charge in [-0.25, -0.2) is 9.97 Å². The highest BCUT2D eigenvalue weighted by molar-refractivity contribution is 6.04. The molecular weight excluding hydrogens is 358 g/mol. The Morgan fingerprint density at radius 2 is 1.79 bits per heavy atom. The van der Waals surface area contributed by atoms with Crippen LogP contribution in [0.25, 0.3) is 0 Å². The van der Waals surface area contributed by atoms with Gasteiger partial charge in [-0.1, -0.05) is 0 Å². The van der Waals surface area contributed by atoms with Crippen LogP contribution in [0.1, 0.15) is 34.7 Å². The number of nitrogens with zero attached hydrogens (tertiary/aromatic N) is 4. The van der Waals surface area contributed by atoms with E-state index in [-0.39, 0.29) is 24.0 Å². The van der Waals surface area contributed by atoms with Crippen LogP contribution in [0.3, 0.4) is 0 Å². The highest BCUT2D eigenvalue weighted by Gasteiger charge is 2.23. The van der Waals surface area contributed by atoms with Gasteiger partial charge in [0.1, 0.15) is 11.5 Å². The molecule has 148 valence electrons. The third-order valence-electron chi connectivity index (χ3n) is 4.40. The molecule has 28 heavy (non-hydrogen) atoms.